The van der Waals surface area contributed by atoms with Gasteiger partial charge in [-0.15, -0.1) is 0 Å². The zero-order chi connectivity index (χ0) is 18.2. The van der Waals surface area contributed by atoms with Gasteiger partial charge in [0.05, 0.1) is 0 Å². The molecule has 2 amide bonds. The lowest BCUT2D eigenvalue weighted by atomic mass is 10.1. The average Bonchev–Trinajstić information content (AvgIpc) is 2.53. The first kappa shape index (κ1) is 18.9. The van der Waals surface area contributed by atoms with Gasteiger partial charge in [0.1, 0.15) is 0 Å². The number of thiocarbonyl (C=S) groups is 1. The van der Waals surface area contributed by atoms with Crippen LogP contribution in [-0.4, -0.2) is 16.9 Å². The fraction of sp³-hybridized carbons (Fsp3) is 0.167. The molecule has 2 rings (SSSR count). The van der Waals surface area contributed by atoms with Crippen LogP contribution in [0, 0.1) is 0 Å². The van der Waals surface area contributed by atoms with Gasteiger partial charge in [-0.25, -0.2) is 0 Å². The van der Waals surface area contributed by atoms with Gasteiger partial charge in [-0.3, -0.25) is 9.59 Å². The molecule has 130 valence electrons. The molecule has 0 aromatic heterocycles. The van der Waals surface area contributed by atoms with E-state index in [1.54, 1.807) is 30.3 Å². The van der Waals surface area contributed by atoms with Crippen molar-refractivity contribution in [2.45, 2.75) is 19.8 Å². The highest BCUT2D eigenvalue weighted by atomic mass is 35.5. The molecule has 2 aromatic carbocycles. The lowest BCUT2D eigenvalue weighted by Gasteiger charge is -2.11. The van der Waals surface area contributed by atoms with Crippen molar-refractivity contribution < 1.29 is 9.59 Å². The number of nitrogens with one attached hydrogen (secondary N) is 3. The number of benzene rings is 2. The lowest BCUT2D eigenvalue weighted by molar-refractivity contribution is -0.119. The van der Waals surface area contributed by atoms with Crippen molar-refractivity contribution in [3.05, 3.63) is 59.1 Å². The summed E-state index contributed by atoms with van der Waals surface area (Å²) in [4.78, 5) is 23.1. The van der Waals surface area contributed by atoms with Crippen molar-refractivity contribution >= 4 is 52.1 Å². The first-order chi connectivity index (χ1) is 11.9. The number of rotatable bonds is 5. The Hall–Kier alpha value is -2.44. The highest BCUT2D eigenvalue weighted by Crippen LogP contribution is 2.17. The molecule has 0 saturated heterocycles. The van der Waals surface area contributed by atoms with Crippen LogP contribution in [0.25, 0.3) is 0 Å². The molecule has 0 atom stereocenters. The maximum atomic E-state index is 12.0. The first-order valence-electron chi connectivity index (χ1n) is 7.66. The molecule has 0 radical (unpaired) electrons. The largest absolute Gasteiger partial charge is 0.332 e. The summed E-state index contributed by atoms with van der Waals surface area (Å²) in [6, 6.07) is 14.5. The standard InChI is InChI=1S/C18H18ClN3O2S/c1-12(23)20-14-6-4-7-15(11-14)21-18(25)22-17(24)10-9-13-5-2-3-8-16(13)19/h2-8,11H,9-10H2,1H3,(H,20,23)(H2,21,22,24,25). The van der Waals surface area contributed by atoms with Crippen molar-refractivity contribution in [1.29, 1.82) is 0 Å². The van der Waals surface area contributed by atoms with Gasteiger partial charge in [0, 0.05) is 29.7 Å². The third-order valence-electron chi connectivity index (χ3n) is 3.27. The second-order valence-electron chi connectivity index (χ2n) is 5.36. The fourth-order valence-corrected chi connectivity index (χ4v) is 2.64. The summed E-state index contributed by atoms with van der Waals surface area (Å²) in [6.45, 7) is 1.43. The van der Waals surface area contributed by atoms with Crippen LogP contribution in [0.4, 0.5) is 11.4 Å². The molecule has 7 heteroatoms. The molecule has 0 aliphatic carbocycles. The minimum absolute atomic E-state index is 0.160. The molecule has 0 heterocycles. The maximum Gasteiger partial charge on any atom is 0.226 e. The van der Waals surface area contributed by atoms with Gasteiger partial charge in [-0.2, -0.15) is 0 Å². The Bertz CT molecular complexity index is 795. The van der Waals surface area contributed by atoms with E-state index in [0.717, 1.165) is 5.56 Å². The maximum absolute atomic E-state index is 12.0. The molecule has 0 aliphatic heterocycles. The molecule has 5 nitrogen and oxygen atoms in total. The van der Waals surface area contributed by atoms with Crippen molar-refractivity contribution in [3.8, 4) is 0 Å². The van der Waals surface area contributed by atoms with Crippen LogP contribution in [-0.2, 0) is 16.0 Å². The molecule has 0 spiro atoms. The van der Waals surface area contributed by atoms with E-state index in [9.17, 15) is 9.59 Å². The van der Waals surface area contributed by atoms with Crippen LogP contribution >= 0.6 is 23.8 Å². The van der Waals surface area contributed by atoms with E-state index in [4.69, 9.17) is 23.8 Å². The van der Waals surface area contributed by atoms with Gasteiger partial charge in [0.25, 0.3) is 0 Å². The van der Waals surface area contributed by atoms with E-state index in [1.807, 2.05) is 18.2 Å². The number of amides is 2. The number of carbonyl (C=O) groups is 2. The third-order valence-corrected chi connectivity index (χ3v) is 3.85. The molecule has 0 unspecified atom stereocenters. The summed E-state index contributed by atoms with van der Waals surface area (Å²) in [5.74, 6) is -0.358. The SMILES string of the molecule is CC(=O)Nc1cccc(NC(=S)NC(=O)CCc2ccccc2Cl)c1. The van der Waals surface area contributed by atoms with Crippen molar-refractivity contribution in [2.24, 2.45) is 0 Å². The fourth-order valence-electron chi connectivity index (χ4n) is 2.18. The Morgan fingerprint density at radius 1 is 1.04 bits per heavy atom. The predicted octanol–water partition coefficient (Wildman–Crippen LogP) is 3.74. The smallest absolute Gasteiger partial charge is 0.226 e. The van der Waals surface area contributed by atoms with E-state index in [2.05, 4.69) is 16.0 Å². The highest BCUT2D eigenvalue weighted by molar-refractivity contribution is 7.80. The Morgan fingerprint density at radius 3 is 2.40 bits per heavy atom. The highest BCUT2D eigenvalue weighted by Gasteiger charge is 2.07. The predicted molar refractivity (Wildman–Crippen MR) is 105 cm³/mol. The van der Waals surface area contributed by atoms with Gasteiger partial charge in [0.2, 0.25) is 11.8 Å². The molecular weight excluding hydrogens is 358 g/mol. The van der Waals surface area contributed by atoms with Gasteiger partial charge in [-0.05, 0) is 48.5 Å². The first-order valence-corrected chi connectivity index (χ1v) is 8.44. The molecule has 25 heavy (non-hydrogen) atoms. The second kappa shape index (κ2) is 9.15. The van der Waals surface area contributed by atoms with E-state index >= 15 is 0 Å². The molecule has 0 saturated carbocycles. The summed E-state index contributed by atoms with van der Waals surface area (Å²) in [7, 11) is 0. The van der Waals surface area contributed by atoms with Crippen LogP contribution in [0.3, 0.4) is 0 Å². The minimum atomic E-state index is -0.199. The Kier molecular flexibility index (Phi) is 6.91. The van der Waals surface area contributed by atoms with Crippen LogP contribution < -0.4 is 16.0 Å². The van der Waals surface area contributed by atoms with Gasteiger partial charge >= 0.3 is 0 Å². The summed E-state index contributed by atoms with van der Waals surface area (Å²) in [5.41, 5.74) is 2.23. The van der Waals surface area contributed by atoms with Crippen molar-refractivity contribution in [2.75, 3.05) is 10.6 Å². The van der Waals surface area contributed by atoms with Crippen LogP contribution in [0.2, 0.25) is 5.02 Å². The molecule has 3 N–H and O–H groups in total. The number of anilines is 2. The normalized spacial score (nSPS) is 10.0. The van der Waals surface area contributed by atoms with Crippen molar-refractivity contribution in [1.82, 2.24) is 5.32 Å². The Labute approximate surface area is 156 Å². The van der Waals surface area contributed by atoms with Gasteiger partial charge in [-0.1, -0.05) is 35.9 Å². The molecule has 0 bridgehead atoms. The summed E-state index contributed by atoms with van der Waals surface area (Å²) >= 11 is 11.2. The lowest BCUT2D eigenvalue weighted by Crippen LogP contribution is -2.34. The quantitative estimate of drug-likeness (QED) is 0.696. The number of hydrogen-bond donors (Lipinski definition) is 3. The van der Waals surface area contributed by atoms with Gasteiger partial charge in [0.15, 0.2) is 5.11 Å². The zero-order valence-electron chi connectivity index (χ0n) is 13.6. The summed E-state index contributed by atoms with van der Waals surface area (Å²) < 4.78 is 0. The number of carbonyl (C=O) groups excluding carboxylic acids is 2. The van der Waals surface area contributed by atoms with Crippen LogP contribution in [0.5, 0.6) is 0 Å². The third kappa shape index (κ3) is 6.52. The summed E-state index contributed by atoms with van der Waals surface area (Å²) in [6.07, 6.45) is 0.809. The molecule has 2 aromatic rings. The molecular formula is C18H18ClN3O2S. The van der Waals surface area contributed by atoms with E-state index < -0.39 is 0 Å². The summed E-state index contributed by atoms with van der Waals surface area (Å²) in [5, 5.41) is 9.07. The Balaban J connectivity index is 1.84. The van der Waals surface area contributed by atoms with Gasteiger partial charge < -0.3 is 16.0 Å². The van der Waals surface area contributed by atoms with E-state index in [-0.39, 0.29) is 23.3 Å². The van der Waals surface area contributed by atoms with E-state index in [0.29, 0.717) is 22.8 Å². The van der Waals surface area contributed by atoms with Crippen LogP contribution in [0.15, 0.2) is 48.5 Å². The van der Waals surface area contributed by atoms with Crippen LogP contribution in [0.1, 0.15) is 18.9 Å². The number of aryl methyl sites for hydroxylation is 1. The van der Waals surface area contributed by atoms with E-state index in [1.165, 1.54) is 6.92 Å². The Morgan fingerprint density at radius 2 is 1.72 bits per heavy atom. The number of halogens is 1. The zero-order valence-corrected chi connectivity index (χ0v) is 15.2. The monoisotopic (exact) mass is 375 g/mol. The second-order valence-corrected chi connectivity index (χ2v) is 6.17. The average molecular weight is 376 g/mol. The molecule has 0 fully saturated rings. The topological polar surface area (TPSA) is 70.2 Å². The minimum Gasteiger partial charge on any atom is -0.332 e. The molecule has 0 aliphatic rings. The number of hydrogen-bond acceptors (Lipinski definition) is 3. The van der Waals surface area contributed by atoms with Crippen molar-refractivity contribution in [3.63, 3.8) is 0 Å².